The Hall–Kier alpha value is -2.37. The molecule has 6 nitrogen and oxygen atoms in total. The van der Waals surface area contributed by atoms with E-state index in [2.05, 4.69) is 33.5 Å². The average molecular weight is 284 g/mol. The van der Waals surface area contributed by atoms with Crippen molar-refractivity contribution in [3.63, 3.8) is 0 Å². The molecule has 110 valence electrons. The molecule has 2 N–H and O–H groups in total. The lowest BCUT2D eigenvalue weighted by Gasteiger charge is -2.08. The molecule has 0 bridgehead atoms. The number of hydrogen-bond acceptors (Lipinski definition) is 4. The Morgan fingerprint density at radius 1 is 1.14 bits per heavy atom. The summed E-state index contributed by atoms with van der Waals surface area (Å²) in [5.74, 6) is 1.29. The van der Waals surface area contributed by atoms with Crippen molar-refractivity contribution in [1.29, 1.82) is 0 Å². The van der Waals surface area contributed by atoms with Gasteiger partial charge in [-0.25, -0.2) is 9.97 Å². The maximum atomic E-state index is 6.07. The van der Waals surface area contributed by atoms with Crippen molar-refractivity contribution in [2.24, 2.45) is 0 Å². The van der Waals surface area contributed by atoms with Crippen LogP contribution in [-0.2, 0) is 13.1 Å². The van der Waals surface area contributed by atoms with Gasteiger partial charge >= 0.3 is 0 Å². The molecule has 0 aliphatic heterocycles. The molecule has 0 unspecified atom stereocenters. The van der Waals surface area contributed by atoms with Crippen LogP contribution in [0.4, 0.5) is 5.82 Å². The highest BCUT2D eigenvalue weighted by atomic mass is 15.3. The Bertz CT molecular complexity index is 769. The second-order valence-electron chi connectivity index (χ2n) is 5.34. The van der Waals surface area contributed by atoms with Crippen LogP contribution in [-0.4, -0.2) is 24.3 Å². The summed E-state index contributed by atoms with van der Waals surface area (Å²) < 4.78 is 4.18. The second-order valence-corrected chi connectivity index (χ2v) is 5.34. The molecule has 0 spiro atoms. The number of hydrogen-bond donors (Lipinski definition) is 1. The summed E-state index contributed by atoms with van der Waals surface area (Å²) in [5.41, 5.74) is 9.38. The lowest BCUT2D eigenvalue weighted by atomic mass is 10.2. The molecular weight excluding hydrogens is 264 g/mol. The minimum Gasteiger partial charge on any atom is -0.383 e. The third kappa shape index (κ3) is 2.37. The van der Waals surface area contributed by atoms with Crippen LogP contribution >= 0.6 is 0 Å². The van der Waals surface area contributed by atoms with Crippen molar-refractivity contribution in [2.45, 2.75) is 40.3 Å². The zero-order valence-corrected chi connectivity index (χ0v) is 12.7. The number of fused-ring (bicyclic) bond motifs is 1. The molecule has 3 aromatic rings. The first-order valence-electron chi connectivity index (χ1n) is 7.15. The molecule has 0 aliphatic rings. The summed E-state index contributed by atoms with van der Waals surface area (Å²) in [5, 5.41) is 5.21. The molecule has 0 aliphatic carbocycles. The van der Waals surface area contributed by atoms with E-state index in [1.165, 1.54) is 11.3 Å². The van der Waals surface area contributed by atoms with E-state index >= 15 is 0 Å². The average Bonchev–Trinajstić information content (AvgIpc) is 3.01. The first kappa shape index (κ1) is 13.6. The van der Waals surface area contributed by atoms with Gasteiger partial charge in [0.1, 0.15) is 17.3 Å². The molecule has 0 aromatic carbocycles. The van der Waals surface area contributed by atoms with Gasteiger partial charge in [0.25, 0.3) is 0 Å². The normalized spacial score (nSPS) is 11.4. The zero-order chi connectivity index (χ0) is 15.0. The van der Waals surface area contributed by atoms with E-state index in [1.54, 1.807) is 6.20 Å². The molecule has 0 saturated carbocycles. The Morgan fingerprint density at radius 3 is 2.67 bits per heavy atom. The molecule has 0 amide bonds. The first-order valence-corrected chi connectivity index (χ1v) is 7.15. The van der Waals surface area contributed by atoms with Crippen LogP contribution < -0.4 is 5.73 Å². The van der Waals surface area contributed by atoms with Crippen molar-refractivity contribution >= 4 is 16.9 Å². The molecule has 3 heterocycles. The van der Waals surface area contributed by atoms with E-state index in [4.69, 9.17) is 5.73 Å². The van der Waals surface area contributed by atoms with Gasteiger partial charge in [0, 0.05) is 31.2 Å². The summed E-state index contributed by atoms with van der Waals surface area (Å²) in [4.78, 5) is 8.86. The fourth-order valence-corrected chi connectivity index (χ4v) is 2.77. The first-order chi connectivity index (χ1) is 10.1. The predicted molar refractivity (Wildman–Crippen MR) is 83.0 cm³/mol. The second kappa shape index (κ2) is 5.20. The van der Waals surface area contributed by atoms with E-state index in [-0.39, 0.29) is 0 Å². The predicted octanol–water partition coefficient (Wildman–Crippen LogP) is 2.23. The van der Waals surface area contributed by atoms with Gasteiger partial charge in [0.05, 0.1) is 5.39 Å². The van der Waals surface area contributed by atoms with Crippen LogP contribution in [0.3, 0.4) is 0 Å². The number of anilines is 1. The number of aryl methyl sites for hydroxylation is 4. The third-order valence-electron chi connectivity index (χ3n) is 3.94. The highest BCUT2D eigenvalue weighted by Crippen LogP contribution is 2.27. The summed E-state index contributed by atoms with van der Waals surface area (Å²) in [6, 6.07) is 1.94. The highest BCUT2D eigenvalue weighted by Gasteiger charge is 2.15. The van der Waals surface area contributed by atoms with Gasteiger partial charge in [-0.1, -0.05) is 0 Å². The number of nitrogens with zero attached hydrogens (tertiary/aromatic N) is 5. The monoisotopic (exact) mass is 284 g/mol. The lowest BCUT2D eigenvalue weighted by Crippen LogP contribution is -2.07. The largest absolute Gasteiger partial charge is 0.383 e. The van der Waals surface area contributed by atoms with Crippen LogP contribution in [0.1, 0.15) is 23.5 Å². The molecule has 3 aromatic heterocycles. The van der Waals surface area contributed by atoms with Gasteiger partial charge in [-0.15, -0.1) is 0 Å². The Balaban J connectivity index is 1.92. The SMILES string of the molecule is Cc1nc(N)c2c(C)c(C)n(CCCn3cccn3)c2n1. The maximum Gasteiger partial charge on any atom is 0.146 e. The number of nitrogen functional groups attached to an aromatic ring is 1. The van der Waals surface area contributed by atoms with Crippen LogP contribution in [0, 0.1) is 20.8 Å². The van der Waals surface area contributed by atoms with E-state index in [9.17, 15) is 0 Å². The maximum absolute atomic E-state index is 6.07. The van der Waals surface area contributed by atoms with Crippen LogP contribution in [0.25, 0.3) is 11.0 Å². The van der Waals surface area contributed by atoms with E-state index < -0.39 is 0 Å². The number of aromatic nitrogens is 5. The van der Waals surface area contributed by atoms with Crippen molar-refractivity contribution in [3.05, 3.63) is 35.5 Å². The van der Waals surface area contributed by atoms with Crippen LogP contribution in [0.2, 0.25) is 0 Å². The summed E-state index contributed by atoms with van der Waals surface area (Å²) in [6.45, 7) is 7.86. The molecule has 6 heteroatoms. The Labute approximate surface area is 123 Å². The van der Waals surface area contributed by atoms with Gasteiger partial charge in [-0.3, -0.25) is 4.68 Å². The number of rotatable bonds is 4. The van der Waals surface area contributed by atoms with E-state index in [0.29, 0.717) is 11.6 Å². The molecule has 0 atom stereocenters. The summed E-state index contributed by atoms with van der Waals surface area (Å²) >= 11 is 0. The van der Waals surface area contributed by atoms with Gasteiger partial charge in [0.2, 0.25) is 0 Å². The van der Waals surface area contributed by atoms with Gasteiger partial charge in [-0.05, 0) is 38.8 Å². The van der Waals surface area contributed by atoms with Gasteiger partial charge in [-0.2, -0.15) is 5.10 Å². The van der Waals surface area contributed by atoms with Crippen molar-refractivity contribution in [1.82, 2.24) is 24.3 Å². The molecule has 21 heavy (non-hydrogen) atoms. The smallest absolute Gasteiger partial charge is 0.146 e. The minimum atomic E-state index is 0.573. The van der Waals surface area contributed by atoms with Gasteiger partial charge < -0.3 is 10.3 Å². The standard InChI is InChI=1S/C15H20N6/c1-10-11(2)21(9-5-8-20-7-4-6-17-20)15-13(10)14(16)18-12(3)19-15/h4,6-7H,5,8-9H2,1-3H3,(H2,16,18,19). The molecule has 3 rings (SSSR count). The topological polar surface area (TPSA) is 74.5 Å². The van der Waals surface area contributed by atoms with Crippen molar-refractivity contribution < 1.29 is 0 Å². The molecule has 0 fully saturated rings. The van der Waals surface area contributed by atoms with Crippen molar-refractivity contribution in [2.75, 3.05) is 5.73 Å². The van der Waals surface area contributed by atoms with Crippen LogP contribution in [0.15, 0.2) is 18.5 Å². The molecule has 0 radical (unpaired) electrons. The third-order valence-corrected chi connectivity index (χ3v) is 3.94. The number of nitrogens with two attached hydrogens (primary N) is 1. The van der Waals surface area contributed by atoms with Crippen LogP contribution in [0.5, 0.6) is 0 Å². The lowest BCUT2D eigenvalue weighted by molar-refractivity contribution is 0.527. The summed E-state index contributed by atoms with van der Waals surface area (Å²) in [6.07, 6.45) is 4.78. The van der Waals surface area contributed by atoms with E-state index in [1.807, 2.05) is 23.9 Å². The highest BCUT2D eigenvalue weighted by molar-refractivity contribution is 5.91. The van der Waals surface area contributed by atoms with E-state index in [0.717, 1.165) is 30.5 Å². The minimum absolute atomic E-state index is 0.573. The Kier molecular flexibility index (Phi) is 3.37. The molecule has 0 saturated heterocycles. The molecular formula is C15H20N6. The zero-order valence-electron chi connectivity index (χ0n) is 12.7. The fraction of sp³-hybridized carbons (Fsp3) is 0.400. The summed E-state index contributed by atoms with van der Waals surface area (Å²) in [7, 11) is 0. The quantitative estimate of drug-likeness (QED) is 0.797. The fourth-order valence-electron chi connectivity index (χ4n) is 2.77. The van der Waals surface area contributed by atoms with Crippen molar-refractivity contribution in [3.8, 4) is 0 Å². The Morgan fingerprint density at radius 2 is 1.95 bits per heavy atom. The van der Waals surface area contributed by atoms with Gasteiger partial charge in [0.15, 0.2) is 0 Å².